The van der Waals surface area contributed by atoms with Crippen molar-refractivity contribution in [1.82, 2.24) is 10.6 Å². The van der Waals surface area contributed by atoms with E-state index in [1.54, 1.807) is 0 Å². The van der Waals surface area contributed by atoms with Crippen LogP contribution in [0.15, 0.2) is 83.3 Å². The van der Waals surface area contributed by atoms with Crippen molar-refractivity contribution >= 4 is 15.9 Å². The fraction of sp³-hybridized carbons (Fsp3) is 0.167. The lowest BCUT2D eigenvalue weighted by atomic mass is 10.1. The van der Waals surface area contributed by atoms with Gasteiger partial charge >= 0.3 is 0 Å². The van der Waals surface area contributed by atoms with E-state index in [9.17, 15) is 0 Å². The number of benzene rings is 3. The van der Waals surface area contributed by atoms with Gasteiger partial charge in [0.1, 0.15) is 0 Å². The Labute approximate surface area is 171 Å². The van der Waals surface area contributed by atoms with E-state index in [4.69, 9.17) is 0 Å². The maximum atomic E-state index is 3.40. The summed E-state index contributed by atoms with van der Waals surface area (Å²) in [6.07, 6.45) is 0. The lowest BCUT2D eigenvalue weighted by molar-refractivity contribution is 0.817. The second-order valence-electron chi connectivity index (χ2n) is 6.01. The van der Waals surface area contributed by atoms with Crippen LogP contribution in [0.2, 0.25) is 0 Å². The second-order valence-corrected chi connectivity index (χ2v) is 6.92. The summed E-state index contributed by atoms with van der Waals surface area (Å²) in [6.45, 7) is 1.81. The normalized spacial score (nSPS) is 9.59. The quantitative estimate of drug-likeness (QED) is 0.581. The SMILES string of the molecule is CNCc1cccc(Br)c1.CNCc1cccc(C#Cc2ccccc2)c1. The zero-order chi connectivity index (χ0) is 19.3. The number of hydrogen-bond donors (Lipinski definition) is 2. The van der Waals surface area contributed by atoms with Crippen LogP contribution in [-0.2, 0) is 13.1 Å². The molecule has 0 unspecified atom stereocenters. The minimum atomic E-state index is 0.876. The van der Waals surface area contributed by atoms with Crippen LogP contribution in [0.1, 0.15) is 22.3 Å². The number of rotatable bonds is 4. The molecule has 0 fully saturated rings. The van der Waals surface area contributed by atoms with Gasteiger partial charge in [0.05, 0.1) is 0 Å². The summed E-state index contributed by atoms with van der Waals surface area (Å²) in [7, 11) is 3.89. The van der Waals surface area contributed by atoms with Crippen molar-refractivity contribution in [3.8, 4) is 11.8 Å². The van der Waals surface area contributed by atoms with Crippen molar-refractivity contribution in [1.29, 1.82) is 0 Å². The summed E-state index contributed by atoms with van der Waals surface area (Å²) in [5.74, 6) is 6.34. The van der Waals surface area contributed by atoms with Crippen LogP contribution in [0, 0.1) is 11.8 Å². The maximum absolute atomic E-state index is 3.40. The molecular weight excluding hydrogens is 396 g/mol. The van der Waals surface area contributed by atoms with Crippen LogP contribution >= 0.6 is 15.9 Å². The summed E-state index contributed by atoms with van der Waals surface area (Å²) in [5, 5.41) is 6.23. The molecular formula is C24H25BrN2. The molecule has 0 aliphatic carbocycles. The van der Waals surface area contributed by atoms with E-state index in [0.717, 1.165) is 28.7 Å². The standard InChI is InChI=1S/C16H15N.C8H10BrN/c1-17-13-16-9-5-8-15(12-16)11-10-14-6-3-2-4-7-14;1-10-6-7-3-2-4-8(9)5-7/h2-9,12,17H,13H2,1H3;2-5,10H,6H2,1H3. The Bertz CT molecular complexity index is 879. The van der Waals surface area contributed by atoms with Gasteiger partial charge in [-0.05, 0) is 61.6 Å². The van der Waals surface area contributed by atoms with Crippen LogP contribution < -0.4 is 10.6 Å². The van der Waals surface area contributed by atoms with Crippen molar-refractivity contribution in [2.75, 3.05) is 14.1 Å². The molecule has 27 heavy (non-hydrogen) atoms. The molecule has 0 aliphatic heterocycles. The van der Waals surface area contributed by atoms with Crippen molar-refractivity contribution in [2.24, 2.45) is 0 Å². The van der Waals surface area contributed by atoms with Crippen molar-refractivity contribution in [3.63, 3.8) is 0 Å². The largest absolute Gasteiger partial charge is 0.316 e. The first-order valence-electron chi connectivity index (χ1n) is 8.91. The summed E-state index contributed by atoms with van der Waals surface area (Å²) in [6, 6.07) is 26.6. The monoisotopic (exact) mass is 420 g/mol. The van der Waals surface area contributed by atoms with E-state index in [-0.39, 0.29) is 0 Å². The molecule has 0 spiro atoms. The molecule has 0 saturated heterocycles. The Morgan fingerprint density at radius 2 is 1.22 bits per heavy atom. The minimum Gasteiger partial charge on any atom is -0.316 e. The van der Waals surface area contributed by atoms with E-state index in [1.807, 2.05) is 68.7 Å². The number of hydrogen-bond acceptors (Lipinski definition) is 2. The topological polar surface area (TPSA) is 24.1 Å². The predicted octanol–water partition coefficient (Wildman–Crippen LogP) is 4.97. The van der Waals surface area contributed by atoms with E-state index in [2.05, 4.69) is 62.7 Å². The smallest absolute Gasteiger partial charge is 0.0252 e. The maximum Gasteiger partial charge on any atom is 0.0252 e. The molecule has 3 heteroatoms. The Morgan fingerprint density at radius 1 is 0.667 bits per heavy atom. The zero-order valence-electron chi connectivity index (χ0n) is 15.8. The van der Waals surface area contributed by atoms with Crippen molar-refractivity contribution in [3.05, 3.63) is 106 Å². The van der Waals surface area contributed by atoms with Gasteiger partial charge in [0.15, 0.2) is 0 Å². The average Bonchev–Trinajstić information content (AvgIpc) is 2.69. The molecule has 3 aromatic rings. The molecule has 0 heterocycles. The third-order valence-electron chi connectivity index (χ3n) is 3.70. The highest BCUT2D eigenvalue weighted by Crippen LogP contribution is 2.10. The zero-order valence-corrected chi connectivity index (χ0v) is 17.4. The lowest BCUT2D eigenvalue weighted by Crippen LogP contribution is -2.04. The van der Waals surface area contributed by atoms with Crippen molar-refractivity contribution < 1.29 is 0 Å². The lowest BCUT2D eigenvalue weighted by Gasteiger charge is -1.99. The van der Waals surface area contributed by atoms with Gasteiger partial charge < -0.3 is 10.6 Å². The number of halogens is 1. The third kappa shape index (κ3) is 8.23. The van der Waals surface area contributed by atoms with Gasteiger partial charge in [-0.1, -0.05) is 70.2 Å². The van der Waals surface area contributed by atoms with E-state index in [0.29, 0.717) is 0 Å². The molecule has 0 aromatic heterocycles. The minimum absolute atomic E-state index is 0.876. The molecule has 0 saturated carbocycles. The number of nitrogens with one attached hydrogen (secondary N) is 2. The molecule has 2 N–H and O–H groups in total. The van der Waals surface area contributed by atoms with Crippen LogP contribution in [0.25, 0.3) is 0 Å². The highest BCUT2D eigenvalue weighted by atomic mass is 79.9. The van der Waals surface area contributed by atoms with Gasteiger partial charge in [-0.3, -0.25) is 0 Å². The van der Waals surface area contributed by atoms with Crippen LogP contribution in [0.3, 0.4) is 0 Å². The predicted molar refractivity (Wildman–Crippen MR) is 119 cm³/mol. The molecule has 138 valence electrons. The van der Waals surface area contributed by atoms with Gasteiger partial charge in [-0.2, -0.15) is 0 Å². The van der Waals surface area contributed by atoms with E-state index < -0.39 is 0 Å². The molecule has 3 aromatic carbocycles. The Hall–Kier alpha value is -2.38. The Balaban J connectivity index is 0.000000223. The van der Waals surface area contributed by atoms with Crippen LogP contribution in [0.4, 0.5) is 0 Å². The van der Waals surface area contributed by atoms with Gasteiger partial charge in [0.25, 0.3) is 0 Å². The Kier molecular flexibility index (Phi) is 9.37. The van der Waals surface area contributed by atoms with Crippen LogP contribution in [0.5, 0.6) is 0 Å². The molecule has 0 aliphatic rings. The summed E-state index contributed by atoms with van der Waals surface area (Å²) < 4.78 is 1.14. The van der Waals surface area contributed by atoms with Crippen molar-refractivity contribution in [2.45, 2.75) is 13.1 Å². The molecule has 0 atom stereocenters. The Morgan fingerprint density at radius 3 is 1.85 bits per heavy atom. The highest BCUT2D eigenvalue weighted by Gasteiger charge is 1.92. The first-order valence-corrected chi connectivity index (χ1v) is 9.70. The van der Waals surface area contributed by atoms with Gasteiger partial charge in [0.2, 0.25) is 0 Å². The highest BCUT2D eigenvalue weighted by molar-refractivity contribution is 9.10. The molecule has 0 amide bonds. The van der Waals surface area contributed by atoms with E-state index >= 15 is 0 Å². The molecule has 2 nitrogen and oxygen atoms in total. The summed E-state index contributed by atoms with van der Waals surface area (Å²) >= 11 is 3.40. The van der Waals surface area contributed by atoms with Crippen LogP contribution in [-0.4, -0.2) is 14.1 Å². The first kappa shape index (κ1) is 20.9. The average molecular weight is 421 g/mol. The third-order valence-corrected chi connectivity index (χ3v) is 4.20. The summed E-state index contributed by atoms with van der Waals surface area (Å²) in [5.41, 5.74) is 4.66. The van der Waals surface area contributed by atoms with Gasteiger partial charge in [0, 0.05) is 28.7 Å². The second kappa shape index (κ2) is 12.1. The summed E-state index contributed by atoms with van der Waals surface area (Å²) in [4.78, 5) is 0. The molecule has 3 rings (SSSR count). The first-order chi connectivity index (χ1) is 13.2. The fourth-order valence-corrected chi connectivity index (χ4v) is 2.93. The fourth-order valence-electron chi connectivity index (χ4n) is 2.48. The van der Waals surface area contributed by atoms with Gasteiger partial charge in [-0.15, -0.1) is 0 Å². The molecule has 0 bridgehead atoms. The van der Waals surface area contributed by atoms with E-state index in [1.165, 1.54) is 11.1 Å². The molecule has 0 radical (unpaired) electrons. The van der Waals surface area contributed by atoms with Gasteiger partial charge in [-0.25, -0.2) is 0 Å².